The van der Waals surface area contributed by atoms with Crippen molar-refractivity contribution in [2.45, 2.75) is 33.2 Å². The molecule has 118 valence electrons. The van der Waals surface area contributed by atoms with Crippen molar-refractivity contribution in [3.05, 3.63) is 0 Å². The number of nitrogens with zero attached hydrogens (tertiary/aromatic N) is 2. The van der Waals surface area contributed by atoms with Crippen molar-refractivity contribution in [1.29, 1.82) is 5.26 Å². The van der Waals surface area contributed by atoms with Gasteiger partial charge in [-0.2, -0.15) is 5.26 Å². The molecule has 1 aliphatic heterocycles. The molecule has 0 bridgehead atoms. The zero-order chi connectivity index (χ0) is 16.0. The second kappa shape index (κ2) is 7.27. The number of nitriles is 1. The van der Waals surface area contributed by atoms with Gasteiger partial charge in [-0.1, -0.05) is 13.8 Å². The van der Waals surface area contributed by atoms with Gasteiger partial charge in [0, 0.05) is 13.1 Å². The molecule has 0 aliphatic carbocycles. The smallest absolute Gasteiger partial charge is 0.317 e. The number of urea groups is 1. The first-order valence-electron chi connectivity index (χ1n) is 7.04. The average molecular weight is 297 g/mol. The van der Waals surface area contributed by atoms with Crippen LogP contribution in [-0.2, 0) is 9.53 Å². The molecule has 1 aliphatic rings. The Morgan fingerprint density at radius 2 is 2.24 bits per heavy atom. The number of carboxylic acid groups (broad SMARTS) is 1. The third-order valence-electron chi connectivity index (χ3n) is 3.61. The highest BCUT2D eigenvalue weighted by atomic mass is 16.5. The second-order valence-electron chi connectivity index (χ2n) is 5.99. The largest absolute Gasteiger partial charge is 0.481 e. The van der Waals surface area contributed by atoms with Gasteiger partial charge in [0.05, 0.1) is 31.7 Å². The van der Waals surface area contributed by atoms with Crippen LogP contribution >= 0.6 is 0 Å². The van der Waals surface area contributed by atoms with Gasteiger partial charge in [-0.05, 0) is 12.8 Å². The molecule has 1 fully saturated rings. The molecular weight excluding hydrogens is 274 g/mol. The van der Waals surface area contributed by atoms with Gasteiger partial charge in [0.15, 0.2) is 0 Å². The topological polar surface area (TPSA) is 103 Å². The minimum Gasteiger partial charge on any atom is -0.481 e. The van der Waals surface area contributed by atoms with Crippen LogP contribution < -0.4 is 5.32 Å². The van der Waals surface area contributed by atoms with E-state index in [1.54, 1.807) is 11.8 Å². The number of rotatable bonds is 6. The third kappa shape index (κ3) is 4.33. The normalized spacial score (nSPS) is 24.6. The van der Waals surface area contributed by atoms with Crippen LogP contribution in [0, 0.1) is 22.7 Å². The Bertz CT molecular complexity index is 432. The fraction of sp³-hybridized carbons (Fsp3) is 0.786. The van der Waals surface area contributed by atoms with E-state index in [2.05, 4.69) is 5.32 Å². The van der Waals surface area contributed by atoms with Crippen LogP contribution in [0.5, 0.6) is 0 Å². The highest BCUT2D eigenvalue weighted by molar-refractivity contribution is 5.79. The molecule has 0 aromatic carbocycles. The Hall–Kier alpha value is -1.81. The Morgan fingerprint density at radius 3 is 2.76 bits per heavy atom. The van der Waals surface area contributed by atoms with Gasteiger partial charge in [0.2, 0.25) is 0 Å². The number of aliphatic carboxylic acids is 1. The lowest BCUT2D eigenvalue weighted by molar-refractivity contribution is -0.148. The maximum Gasteiger partial charge on any atom is 0.317 e. The number of amides is 2. The summed E-state index contributed by atoms with van der Waals surface area (Å²) in [5.41, 5.74) is -1.12. The number of ether oxygens (including phenoxy) is 1. The number of nitrogens with one attached hydrogen (secondary N) is 1. The van der Waals surface area contributed by atoms with Crippen molar-refractivity contribution in [3.8, 4) is 6.07 Å². The Balaban J connectivity index is 2.72. The van der Waals surface area contributed by atoms with E-state index in [-0.39, 0.29) is 31.6 Å². The van der Waals surface area contributed by atoms with Gasteiger partial charge in [-0.25, -0.2) is 4.79 Å². The number of hydrogen-bond donors (Lipinski definition) is 2. The van der Waals surface area contributed by atoms with E-state index in [0.717, 1.165) is 0 Å². The number of hydrogen-bond acceptors (Lipinski definition) is 4. The molecule has 2 N–H and O–H groups in total. The monoisotopic (exact) mass is 297 g/mol. The van der Waals surface area contributed by atoms with Crippen molar-refractivity contribution >= 4 is 12.0 Å². The van der Waals surface area contributed by atoms with Crippen LogP contribution in [0.2, 0.25) is 0 Å². The molecule has 0 saturated carbocycles. The Labute approximate surface area is 124 Å². The summed E-state index contributed by atoms with van der Waals surface area (Å²) in [5, 5.41) is 20.7. The van der Waals surface area contributed by atoms with Crippen LogP contribution in [0.25, 0.3) is 0 Å². The first-order valence-corrected chi connectivity index (χ1v) is 7.04. The highest BCUT2D eigenvalue weighted by Gasteiger charge is 2.47. The van der Waals surface area contributed by atoms with Crippen molar-refractivity contribution in [2.24, 2.45) is 11.3 Å². The van der Waals surface area contributed by atoms with Crippen LogP contribution in [-0.4, -0.2) is 54.4 Å². The molecule has 7 nitrogen and oxygen atoms in total. The van der Waals surface area contributed by atoms with E-state index in [1.165, 1.54) is 0 Å². The first kappa shape index (κ1) is 17.2. The zero-order valence-electron chi connectivity index (χ0n) is 12.8. The Kier molecular flexibility index (Phi) is 5.97. The molecule has 1 rings (SSSR count). The standard InChI is InChI=1S/C14H23N3O4/c1-10(2)7-17(6-4-5-15)13(20)16-11-8-21-9-14(11,3)12(18)19/h10-11H,4,6-9H2,1-3H3,(H,16,20)(H,18,19). The summed E-state index contributed by atoms with van der Waals surface area (Å²) >= 11 is 0. The van der Waals surface area contributed by atoms with E-state index < -0.39 is 17.4 Å². The summed E-state index contributed by atoms with van der Waals surface area (Å²) in [6.45, 7) is 6.63. The van der Waals surface area contributed by atoms with Gasteiger partial charge in [-0.3, -0.25) is 4.79 Å². The maximum atomic E-state index is 12.3. The van der Waals surface area contributed by atoms with Crippen molar-refractivity contribution in [2.75, 3.05) is 26.3 Å². The lowest BCUT2D eigenvalue weighted by atomic mass is 9.85. The molecule has 0 radical (unpaired) electrons. The summed E-state index contributed by atoms with van der Waals surface area (Å²) < 4.78 is 5.21. The molecule has 0 aromatic heterocycles. The summed E-state index contributed by atoms with van der Waals surface area (Å²) in [5.74, 6) is -0.724. The lowest BCUT2D eigenvalue weighted by Crippen LogP contribution is -2.54. The fourth-order valence-corrected chi connectivity index (χ4v) is 2.23. The zero-order valence-corrected chi connectivity index (χ0v) is 12.8. The van der Waals surface area contributed by atoms with Crippen LogP contribution in [0.4, 0.5) is 4.79 Å². The Morgan fingerprint density at radius 1 is 1.57 bits per heavy atom. The van der Waals surface area contributed by atoms with Gasteiger partial charge in [0.25, 0.3) is 0 Å². The lowest BCUT2D eigenvalue weighted by Gasteiger charge is -2.30. The molecule has 0 aromatic rings. The summed E-state index contributed by atoms with van der Waals surface area (Å²) in [6.07, 6.45) is 0.248. The minimum atomic E-state index is -1.12. The van der Waals surface area contributed by atoms with E-state index in [4.69, 9.17) is 10.00 Å². The summed E-state index contributed by atoms with van der Waals surface area (Å²) in [4.78, 5) is 25.2. The second-order valence-corrected chi connectivity index (χ2v) is 5.99. The summed E-state index contributed by atoms with van der Waals surface area (Å²) in [6, 6.07) is 1.10. The van der Waals surface area contributed by atoms with Gasteiger partial charge < -0.3 is 20.1 Å². The van der Waals surface area contributed by atoms with Crippen molar-refractivity contribution in [1.82, 2.24) is 10.2 Å². The van der Waals surface area contributed by atoms with Gasteiger partial charge in [0.1, 0.15) is 5.41 Å². The van der Waals surface area contributed by atoms with E-state index in [0.29, 0.717) is 13.1 Å². The van der Waals surface area contributed by atoms with Gasteiger partial charge in [-0.15, -0.1) is 0 Å². The number of carbonyl (C=O) groups excluding carboxylic acids is 1. The van der Waals surface area contributed by atoms with Crippen molar-refractivity contribution < 1.29 is 19.4 Å². The van der Waals surface area contributed by atoms with E-state index in [1.807, 2.05) is 19.9 Å². The first-order chi connectivity index (χ1) is 9.81. The van der Waals surface area contributed by atoms with E-state index >= 15 is 0 Å². The molecular formula is C14H23N3O4. The molecule has 2 amide bonds. The molecule has 2 unspecified atom stereocenters. The van der Waals surface area contributed by atoms with Crippen LogP contribution in [0.3, 0.4) is 0 Å². The molecule has 1 saturated heterocycles. The summed E-state index contributed by atoms with van der Waals surface area (Å²) in [7, 11) is 0. The SMILES string of the molecule is CC(C)CN(CCC#N)C(=O)NC1COCC1(C)C(=O)O. The third-order valence-corrected chi connectivity index (χ3v) is 3.61. The van der Waals surface area contributed by atoms with Crippen molar-refractivity contribution in [3.63, 3.8) is 0 Å². The predicted molar refractivity (Wildman–Crippen MR) is 75.5 cm³/mol. The number of carboxylic acids is 1. The molecule has 2 atom stereocenters. The molecule has 7 heteroatoms. The molecule has 0 spiro atoms. The molecule has 1 heterocycles. The van der Waals surface area contributed by atoms with Crippen LogP contribution in [0.1, 0.15) is 27.2 Å². The predicted octanol–water partition coefficient (Wildman–Crippen LogP) is 1.06. The molecule has 21 heavy (non-hydrogen) atoms. The fourth-order valence-electron chi connectivity index (χ4n) is 2.23. The van der Waals surface area contributed by atoms with Crippen LogP contribution in [0.15, 0.2) is 0 Å². The van der Waals surface area contributed by atoms with Gasteiger partial charge >= 0.3 is 12.0 Å². The highest BCUT2D eigenvalue weighted by Crippen LogP contribution is 2.28. The minimum absolute atomic E-state index is 0.0790. The van der Waals surface area contributed by atoms with E-state index in [9.17, 15) is 14.7 Å². The maximum absolute atomic E-state index is 12.3. The quantitative estimate of drug-likeness (QED) is 0.763. The average Bonchev–Trinajstić information content (AvgIpc) is 2.77. The number of carbonyl (C=O) groups is 2.